The normalized spacial score (nSPS) is 11.3. The fraction of sp³-hybridized carbons (Fsp3) is 0.562. The van der Waals surface area contributed by atoms with Gasteiger partial charge in [0.05, 0.1) is 0 Å². The highest BCUT2D eigenvalue weighted by molar-refractivity contribution is 5.84. The fourth-order valence-electron chi connectivity index (χ4n) is 2.04. The Balaban J connectivity index is 2.55. The molecule has 0 saturated heterocycles. The summed E-state index contributed by atoms with van der Waals surface area (Å²) in [6.45, 7) is 4.19. The number of nitrogens with zero attached hydrogens (tertiary/aromatic N) is 1. The number of rotatable bonds is 8. The zero-order valence-corrected chi connectivity index (χ0v) is 12.9. The summed E-state index contributed by atoms with van der Waals surface area (Å²) in [5.41, 5.74) is -1.01. The minimum absolute atomic E-state index is 0.129. The van der Waals surface area contributed by atoms with E-state index < -0.39 is 5.60 Å². The number of aliphatic hydroxyl groups excluding tert-OH is 1. The van der Waals surface area contributed by atoms with Gasteiger partial charge in [-0.3, -0.25) is 4.79 Å². The zero-order chi connectivity index (χ0) is 15.9. The molecule has 0 heterocycles. The van der Waals surface area contributed by atoms with Crippen LogP contribution in [-0.4, -0.2) is 41.7 Å². The van der Waals surface area contributed by atoms with E-state index in [1.165, 1.54) is 24.3 Å². The van der Waals surface area contributed by atoms with Gasteiger partial charge in [-0.2, -0.15) is 0 Å². The van der Waals surface area contributed by atoms with E-state index in [4.69, 9.17) is 9.84 Å². The summed E-state index contributed by atoms with van der Waals surface area (Å²) in [6, 6.07) is 5.61. The molecule has 0 aliphatic rings. The minimum Gasteiger partial charge on any atom is -0.478 e. The van der Waals surface area contributed by atoms with Gasteiger partial charge in [0.2, 0.25) is 0 Å². The van der Waals surface area contributed by atoms with E-state index in [1.807, 2.05) is 0 Å². The Hall–Kier alpha value is -1.62. The quantitative estimate of drug-likeness (QED) is 0.750. The average Bonchev–Trinajstić information content (AvgIpc) is 2.45. The number of hydrogen-bond donors (Lipinski definition) is 1. The molecule has 0 atom stereocenters. The predicted octanol–water partition coefficient (Wildman–Crippen LogP) is 2.60. The molecule has 5 heteroatoms. The molecule has 1 aromatic carbocycles. The van der Waals surface area contributed by atoms with Crippen LogP contribution in [0.3, 0.4) is 0 Å². The first-order valence-corrected chi connectivity index (χ1v) is 7.18. The molecule has 0 unspecified atom stereocenters. The van der Waals surface area contributed by atoms with Crippen LogP contribution in [0.5, 0.6) is 5.75 Å². The van der Waals surface area contributed by atoms with Crippen LogP contribution < -0.4 is 4.74 Å². The number of aliphatic hydroxyl groups is 1. The van der Waals surface area contributed by atoms with Crippen LogP contribution in [0.1, 0.15) is 33.1 Å². The number of carbonyl (C=O) groups is 1. The molecule has 0 radical (unpaired) electrons. The molecule has 4 nitrogen and oxygen atoms in total. The van der Waals surface area contributed by atoms with Crippen LogP contribution in [0.4, 0.5) is 4.39 Å². The third-order valence-corrected chi connectivity index (χ3v) is 3.20. The second kappa shape index (κ2) is 7.98. The predicted molar refractivity (Wildman–Crippen MR) is 79.7 cm³/mol. The number of ether oxygens (including phenoxy) is 1. The largest absolute Gasteiger partial charge is 0.478 e. The Bertz CT molecular complexity index is 445. The lowest BCUT2D eigenvalue weighted by atomic mass is 10.1. The Morgan fingerprint density at radius 1 is 1.24 bits per heavy atom. The van der Waals surface area contributed by atoms with Gasteiger partial charge in [0.25, 0.3) is 5.91 Å². The lowest BCUT2D eigenvalue weighted by Crippen LogP contribution is -2.47. The van der Waals surface area contributed by atoms with Gasteiger partial charge in [-0.1, -0.05) is 0 Å². The third kappa shape index (κ3) is 5.71. The molecule has 21 heavy (non-hydrogen) atoms. The van der Waals surface area contributed by atoms with E-state index in [1.54, 1.807) is 25.8 Å². The van der Waals surface area contributed by atoms with Gasteiger partial charge in [0.1, 0.15) is 11.6 Å². The van der Waals surface area contributed by atoms with Gasteiger partial charge in [-0.25, -0.2) is 4.39 Å². The van der Waals surface area contributed by atoms with Crippen molar-refractivity contribution in [2.75, 3.05) is 20.2 Å². The highest BCUT2D eigenvalue weighted by Gasteiger charge is 2.32. The van der Waals surface area contributed by atoms with E-state index >= 15 is 0 Å². The number of amides is 1. The van der Waals surface area contributed by atoms with Gasteiger partial charge in [-0.15, -0.1) is 0 Å². The maximum atomic E-state index is 12.9. The third-order valence-electron chi connectivity index (χ3n) is 3.20. The Morgan fingerprint density at radius 2 is 1.86 bits per heavy atom. The minimum atomic E-state index is -1.01. The van der Waals surface area contributed by atoms with Crippen LogP contribution in [0.15, 0.2) is 24.3 Å². The van der Waals surface area contributed by atoms with Crippen LogP contribution in [0.25, 0.3) is 0 Å². The first-order chi connectivity index (χ1) is 9.86. The van der Waals surface area contributed by atoms with Gasteiger partial charge in [0, 0.05) is 20.2 Å². The van der Waals surface area contributed by atoms with E-state index in [9.17, 15) is 9.18 Å². The molecule has 1 N–H and O–H groups in total. The summed E-state index contributed by atoms with van der Waals surface area (Å²) >= 11 is 0. The molecule has 0 aliphatic heterocycles. The second-order valence-electron chi connectivity index (χ2n) is 5.58. The van der Waals surface area contributed by atoms with Crippen molar-refractivity contribution >= 4 is 5.91 Å². The van der Waals surface area contributed by atoms with Crippen molar-refractivity contribution in [2.45, 2.75) is 38.7 Å². The molecule has 0 aliphatic carbocycles. The maximum absolute atomic E-state index is 12.9. The van der Waals surface area contributed by atoms with Crippen molar-refractivity contribution < 1.29 is 19.0 Å². The van der Waals surface area contributed by atoms with Crippen LogP contribution in [0.2, 0.25) is 0 Å². The molecule has 1 aromatic rings. The number of hydrogen-bond acceptors (Lipinski definition) is 3. The first-order valence-electron chi connectivity index (χ1n) is 7.18. The molecular weight excluding hydrogens is 273 g/mol. The average molecular weight is 297 g/mol. The topological polar surface area (TPSA) is 49.8 Å². The number of halogens is 1. The van der Waals surface area contributed by atoms with Gasteiger partial charge < -0.3 is 14.7 Å². The number of benzene rings is 1. The summed E-state index contributed by atoms with van der Waals surface area (Å²) in [5, 5.41) is 8.73. The summed E-state index contributed by atoms with van der Waals surface area (Å²) < 4.78 is 18.5. The monoisotopic (exact) mass is 297 g/mol. The molecule has 1 amide bonds. The maximum Gasteiger partial charge on any atom is 0.265 e. The van der Waals surface area contributed by atoms with Crippen LogP contribution in [-0.2, 0) is 4.79 Å². The molecule has 0 saturated carbocycles. The molecule has 118 valence electrons. The Kier molecular flexibility index (Phi) is 6.62. The van der Waals surface area contributed by atoms with E-state index in [0.29, 0.717) is 12.3 Å². The standard InChI is InChI=1S/C16H24FNO3/c1-16(2,21-14-9-7-13(17)8-10-14)15(20)18(3)11-5-4-6-12-19/h7-10,19H,4-6,11-12H2,1-3H3. The van der Waals surface area contributed by atoms with Crippen LogP contribution >= 0.6 is 0 Å². The molecular formula is C16H24FNO3. The van der Waals surface area contributed by atoms with Crippen molar-refractivity contribution in [1.82, 2.24) is 4.90 Å². The Labute approximate surface area is 125 Å². The van der Waals surface area contributed by atoms with Crippen molar-refractivity contribution in [3.63, 3.8) is 0 Å². The molecule has 0 fully saturated rings. The number of unbranched alkanes of at least 4 members (excludes halogenated alkanes) is 2. The fourth-order valence-corrected chi connectivity index (χ4v) is 2.04. The van der Waals surface area contributed by atoms with E-state index in [0.717, 1.165) is 19.3 Å². The highest BCUT2D eigenvalue weighted by atomic mass is 19.1. The van der Waals surface area contributed by atoms with Gasteiger partial charge >= 0.3 is 0 Å². The lowest BCUT2D eigenvalue weighted by molar-refractivity contribution is -0.144. The zero-order valence-electron chi connectivity index (χ0n) is 12.9. The van der Waals surface area contributed by atoms with Gasteiger partial charge in [0.15, 0.2) is 5.60 Å². The van der Waals surface area contributed by atoms with Gasteiger partial charge in [-0.05, 0) is 57.4 Å². The van der Waals surface area contributed by atoms with Crippen molar-refractivity contribution in [3.05, 3.63) is 30.1 Å². The lowest BCUT2D eigenvalue weighted by Gasteiger charge is -2.30. The smallest absolute Gasteiger partial charge is 0.265 e. The number of likely N-dealkylation sites (N-methyl/N-ethyl adjacent to an activating group) is 1. The van der Waals surface area contributed by atoms with Crippen molar-refractivity contribution in [3.8, 4) is 5.75 Å². The molecule has 0 aromatic heterocycles. The second-order valence-corrected chi connectivity index (χ2v) is 5.58. The summed E-state index contributed by atoms with van der Waals surface area (Å²) in [5.74, 6) is -0.00765. The van der Waals surface area contributed by atoms with E-state index in [2.05, 4.69) is 0 Å². The summed E-state index contributed by atoms with van der Waals surface area (Å²) in [4.78, 5) is 14.0. The summed E-state index contributed by atoms with van der Waals surface area (Å²) in [6.07, 6.45) is 2.47. The molecule has 0 spiro atoms. The van der Waals surface area contributed by atoms with Crippen LogP contribution in [0, 0.1) is 5.82 Å². The number of carbonyl (C=O) groups excluding carboxylic acids is 1. The SMILES string of the molecule is CN(CCCCCO)C(=O)C(C)(C)Oc1ccc(F)cc1. The van der Waals surface area contributed by atoms with Crippen molar-refractivity contribution in [2.24, 2.45) is 0 Å². The Morgan fingerprint density at radius 3 is 2.43 bits per heavy atom. The van der Waals surface area contributed by atoms with Crippen molar-refractivity contribution in [1.29, 1.82) is 0 Å². The highest BCUT2D eigenvalue weighted by Crippen LogP contribution is 2.20. The molecule has 0 bridgehead atoms. The molecule has 1 rings (SSSR count). The van der Waals surface area contributed by atoms with E-state index in [-0.39, 0.29) is 18.3 Å². The first kappa shape index (κ1) is 17.4. The summed E-state index contributed by atoms with van der Waals surface area (Å²) in [7, 11) is 1.73.